The maximum Gasteiger partial charge on any atom is 0.243 e. The van der Waals surface area contributed by atoms with Crippen molar-refractivity contribution in [2.45, 2.75) is 45.1 Å². The Hall–Kier alpha value is -1.26. The van der Waals surface area contributed by atoms with Crippen molar-refractivity contribution in [1.82, 2.24) is 15.5 Å². The number of guanidine groups is 1. The molecule has 0 atom stereocenters. The van der Waals surface area contributed by atoms with Crippen molar-refractivity contribution in [1.29, 1.82) is 0 Å². The highest BCUT2D eigenvalue weighted by atomic mass is 16.2. The summed E-state index contributed by atoms with van der Waals surface area (Å²) in [5.74, 6) is 0.787. The van der Waals surface area contributed by atoms with Crippen LogP contribution in [0.3, 0.4) is 0 Å². The molecule has 1 amide bonds. The van der Waals surface area contributed by atoms with E-state index in [2.05, 4.69) is 15.6 Å². The molecule has 1 aliphatic rings. The van der Waals surface area contributed by atoms with Crippen LogP contribution in [0.5, 0.6) is 0 Å². The number of carbonyl (C=O) groups excluding carboxylic acids is 1. The van der Waals surface area contributed by atoms with Gasteiger partial charge in [-0.2, -0.15) is 0 Å². The summed E-state index contributed by atoms with van der Waals surface area (Å²) < 4.78 is 0. The van der Waals surface area contributed by atoms with Crippen LogP contribution in [-0.2, 0) is 4.79 Å². The molecule has 1 saturated carbocycles. The molecule has 5 heteroatoms. The second kappa shape index (κ2) is 7.95. The average Bonchev–Trinajstić information content (AvgIpc) is 2.37. The van der Waals surface area contributed by atoms with Crippen LogP contribution in [0.15, 0.2) is 4.99 Å². The monoisotopic (exact) mass is 254 g/mol. The molecule has 0 aliphatic heterocycles. The van der Waals surface area contributed by atoms with Gasteiger partial charge in [-0.25, -0.2) is 4.99 Å². The fourth-order valence-electron chi connectivity index (χ4n) is 2.05. The molecule has 5 nitrogen and oxygen atoms in total. The minimum Gasteiger partial charge on any atom is -0.357 e. The van der Waals surface area contributed by atoms with E-state index in [4.69, 9.17) is 0 Å². The predicted octanol–water partition coefficient (Wildman–Crippen LogP) is 0.962. The van der Waals surface area contributed by atoms with Gasteiger partial charge in [-0.15, -0.1) is 0 Å². The number of nitrogens with one attached hydrogen (secondary N) is 2. The molecule has 0 bridgehead atoms. The summed E-state index contributed by atoms with van der Waals surface area (Å²) in [4.78, 5) is 17.4. The van der Waals surface area contributed by atoms with Gasteiger partial charge in [-0.3, -0.25) is 4.79 Å². The Morgan fingerprint density at radius 2 is 1.94 bits per heavy atom. The van der Waals surface area contributed by atoms with Crippen molar-refractivity contribution in [3.05, 3.63) is 0 Å². The molecular formula is C13H26N4O. The summed E-state index contributed by atoms with van der Waals surface area (Å²) >= 11 is 0. The zero-order valence-electron chi connectivity index (χ0n) is 11.8. The molecule has 0 spiro atoms. The normalized spacial score (nSPS) is 17.4. The zero-order valence-corrected chi connectivity index (χ0v) is 11.8. The second-order valence-corrected chi connectivity index (χ2v) is 4.96. The molecule has 0 heterocycles. The first-order valence-electron chi connectivity index (χ1n) is 6.88. The van der Waals surface area contributed by atoms with Gasteiger partial charge < -0.3 is 15.5 Å². The lowest BCUT2D eigenvalue weighted by Gasteiger charge is -2.24. The summed E-state index contributed by atoms with van der Waals surface area (Å²) in [7, 11) is 3.50. The number of rotatable bonds is 4. The molecule has 1 fully saturated rings. The Balaban J connectivity index is 2.46. The number of carbonyl (C=O) groups is 1. The number of hydrogen-bond acceptors (Lipinski definition) is 2. The minimum atomic E-state index is 0.0239. The molecule has 104 valence electrons. The Kier molecular flexibility index (Phi) is 6.54. The van der Waals surface area contributed by atoms with Gasteiger partial charge >= 0.3 is 0 Å². The third-order valence-electron chi connectivity index (χ3n) is 3.16. The predicted molar refractivity (Wildman–Crippen MR) is 74.7 cm³/mol. The molecule has 0 unspecified atom stereocenters. The van der Waals surface area contributed by atoms with Gasteiger partial charge in [-0.1, -0.05) is 19.3 Å². The van der Waals surface area contributed by atoms with Crippen LogP contribution in [0, 0.1) is 0 Å². The van der Waals surface area contributed by atoms with E-state index in [0.717, 1.165) is 12.5 Å². The fourth-order valence-corrected chi connectivity index (χ4v) is 2.05. The molecule has 1 aliphatic carbocycles. The molecule has 0 aromatic carbocycles. The van der Waals surface area contributed by atoms with Crippen LogP contribution in [0.4, 0.5) is 0 Å². The molecule has 0 saturated heterocycles. The van der Waals surface area contributed by atoms with Crippen molar-refractivity contribution in [2.24, 2.45) is 4.99 Å². The Morgan fingerprint density at radius 3 is 2.50 bits per heavy atom. The van der Waals surface area contributed by atoms with Crippen molar-refractivity contribution in [3.63, 3.8) is 0 Å². The molecule has 2 N–H and O–H groups in total. The smallest absolute Gasteiger partial charge is 0.243 e. The lowest BCUT2D eigenvalue weighted by Crippen LogP contribution is -2.44. The average molecular weight is 254 g/mol. The lowest BCUT2D eigenvalue weighted by atomic mass is 9.96. The van der Waals surface area contributed by atoms with Crippen molar-refractivity contribution in [3.8, 4) is 0 Å². The Labute approximate surface area is 110 Å². The van der Waals surface area contributed by atoms with E-state index in [1.807, 2.05) is 6.92 Å². The summed E-state index contributed by atoms with van der Waals surface area (Å²) in [5, 5.41) is 6.61. The van der Waals surface area contributed by atoms with Crippen LogP contribution in [0.25, 0.3) is 0 Å². The number of aliphatic imine (C=N–C) groups is 1. The number of hydrogen-bond donors (Lipinski definition) is 2. The van der Waals surface area contributed by atoms with E-state index < -0.39 is 0 Å². The van der Waals surface area contributed by atoms with E-state index in [1.54, 1.807) is 19.0 Å². The van der Waals surface area contributed by atoms with Gasteiger partial charge in [0.2, 0.25) is 5.91 Å². The van der Waals surface area contributed by atoms with Crippen molar-refractivity contribution < 1.29 is 4.79 Å². The van der Waals surface area contributed by atoms with Crippen LogP contribution in [0.2, 0.25) is 0 Å². The van der Waals surface area contributed by atoms with Gasteiger partial charge in [0.25, 0.3) is 0 Å². The van der Waals surface area contributed by atoms with Crippen LogP contribution in [0.1, 0.15) is 39.0 Å². The molecule has 18 heavy (non-hydrogen) atoms. The van der Waals surface area contributed by atoms with E-state index in [9.17, 15) is 4.79 Å². The van der Waals surface area contributed by atoms with Crippen LogP contribution < -0.4 is 10.6 Å². The van der Waals surface area contributed by atoms with Crippen molar-refractivity contribution >= 4 is 11.9 Å². The number of amides is 1. The van der Waals surface area contributed by atoms with Gasteiger partial charge in [-0.05, 0) is 19.8 Å². The standard InChI is InChI=1S/C13H26N4O/c1-4-14-13(15-10-12(18)17(2)3)16-11-8-6-5-7-9-11/h11H,4-10H2,1-3H3,(H2,14,15,16). The van der Waals surface area contributed by atoms with Gasteiger partial charge in [0, 0.05) is 26.7 Å². The summed E-state index contributed by atoms with van der Waals surface area (Å²) in [5.41, 5.74) is 0. The first-order valence-corrected chi connectivity index (χ1v) is 6.88. The maximum absolute atomic E-state index is 11.5. The van der Waals surface area contributed by atoms with E-state index in [0.29, 0.717) is 6.04 Å². The minimum absolute atomic E-state index is 0.0239. The first kappa shape index (κ1) is 14.8. The highest BCUT2D eigenvalue weighted by molar-refractivity contribution is 5.84. The van der Waals surface area contributed by atoms with Crippen LogP contribution >= 0.6 is 0 Å². The highest BCUT2D eigenvalue weighted by Crippen LogP contribution is 2.17. The lowest BCUT2D eigenvalue weighted by molar-refractivity contribution is -0.127. The third-order valence-corrected chi connectivity index (χ3v) is 3.16. The van der Waals surface area contributed by atoms with Crippen molar-refractivity contribution in [2.75, 3.05) is 27.2 Å². The van der Waals surface area contributed by atoms with Gasteiger partial charge in [0.15, 0.2) is 5.96 Å². The number of nitrogens with zero attached hydrogens (tertiary/aromatic N) is 2. The van der Waals surface area contributed by atoms with Gasteiger partial charge in [0.1, 0.15) is 6.54 Å². The first-order chi connectivity index (χ1) is 8.63. The van der Waals surface area contributed by atoms with Gasteiger partial charge in [0.05, 0.1) is 0 Å². The van der Waals surface area contributed by atoms with E-state index in [-0.39, 0.29) is 12.5 Å². The fraction of sp³-hybridized carbons (Fsp3) is 0.846. The summed E-state index contributed by atoms with van der Waals surface area (Å²) in [6.45, 7) is 3.05. The Bertz CT molecular complexity index is 283. The highest BCUT2D eigenvalue weighted by Gasteiger charge is 2.14. The molecule has 1 rings (SSSR count). The summed E-state index contributed by atoms with van der Waals surface area (Å²) in [6.07, 6.45) is 6.31. The third kappa shape index (κ3) is 5.38. The SMILES string of the molecule is CCNC(=NCC(=O)N(C)C)NC1CCCCC1. The summed E-state index contributed by atoms with van der Waals surface area (Å²) in [6, 6.07) is 0.506. The zero-order chi connectivity index (χ0) is 13.4. The molecular weight excluding hydrogens is 228 g/mol. The maximum atomic E-state index is 11.5. The molecule has 0 aromatic heterocycles. The molecule has 0 radical (unpaired) electrons. The van der Waals surface area contributed by atoms with E-state index >= 15 is 0 Å². The second-order valence-electron chi connectivity index (χ2n) is 4.96. The topological polar surface area (TPSA) is 56.7 Å². The van der Waals surface area contributed by atoms with E-state index in [1.165, 1.54) is 32.1 Å². The Morgan fingerprint density at radius 1 is 1.28 bits per heavy atom. The number of likely N-dealkylation sites (N-methyl/N-ethyl adjacent to an activating group) is 1. The van der Waals surface area contributed by atoms with Crippen LogP contribution in [-0.4, -0.2) is 50.0 Å². The largest absolute Gasteiger partial charge is 0.357 e. The molecule has 0 aromatic rings. The quantitative estimate of drug-likeness (QED) is 0.580.